The zero-order valence-corrected chi connectivity index (χ0v) is 9.17. The van der Waals surface area contributed by atoms with E-state index in [0.29, 0.717) is 5.69 Å². The van der Waals surface area contributed by atoms with Crippen LogP contribution in [0.2, 0.25) is 0 Å². The number of rotatable bonds is 1. The molecule has 0 saturated heterocycles. The molecular formula is C12H9FN2S. The minimum Gasteiger partial charge on any atom is -0.310 e. The molecule has 4 heteroatoms. The monoisotopic (exact) mass is 232 g/mol. The summed E-state index contributed by atoms with van der Waals surface area (Å²) < 4.78 is 18.7. The standard InChI is InChI=1S/C12H9FN2S/c13-9-5-1-3-7-11(9)15-12-8-4-2-6-10(12)14-16-15/h1-8,14H. The molecule has 0 saturated carbocycles. The third kappa shape index (κ3) is 1.42. The van der Waals surface area contributed by atoms with Gasteiger partial charge in [-0.2, -0.15) is 0 Å². The maximum Gasteiger partial charge on any atom is 0.147 e. The van der Waals surface area contributed by atoms with E-state index >= 15 is 0 Å². The van der Waals surface area contributed by atoms with E-state index in [4.69, 9.17) is 0 Å². The Morgan fingerprint density at radius 2 is 1.62 bits per heavy atom. The number of nitrogens with zero attached hydrogens (tertiary/aromatic N) is 1. The first kappa shape index (κ1) is 9.54. The normalized spacial score (nSPS) is 13.4. The number of nitrogens with one attached hydrogen (secondary N) is 1. The third-order valence-corrected chi connectivity index (χ3v) is 3.33. The van der Waals surface area contributed by atoms with Crippen LogP contribution in [-0.4, -0.2) is 0 Å². The molecule has 80 valence electrons. The van der Waals surface area contributed by atoms with Gasteiger partial charge in [0.1, 0.15) is 5.82 Å². The van der Waals surface area contributed by atoms with Gasteiger partial charge in [-0.15, -0.1) is 0 Å². The molecule has 0 bridgehead atoms. The molecule has 0 spiro atoms. The molecule has 0 atom stereocenters. The highest BCUT2D eigenvalue weighted by Crippen LogP contribution is 2.44. The second kappa shape index (κ2) is 3.72. The molecular weight excluding hydrogens is 223 g/mol. The Hall–Kier alpha value is -1.68. The van der Waals surface area contributed by atoms with Crippen molar-refractivity contribution in [3.8, 4) is 0 Å². The number of benzene rings is 2. The molecule has 1 heterocycles. The average molecular weight is 232 g/mol. The maximum absolute atomic E-state index is 13.7. The number of hydrogen-bond acceptors (Lipinski definition) is 3. The molecule has 0 aromatic heterocycles. The lowest BCUT2D eigenvalue weighted by Crippen LogP contribution is -2.04. The van der Waals surface area contributed by atoms with Crippen LogP contribution >= 0.6 is 12.1 Å². The molecule has 2 nitrogen and oxygen atoms in total. The fourth-order valence-corrected chi connectivity index (χ4v) is 2.54. The first-order valence-electron chi connectivity index (χ1n) is 4.93. The van der Waals surface area contributed by atoms with Crippen LogP contribution in [0, 0.1) is 5.82 Å². The van der Waals surface area contributed by atoms with Crippen molar-refractivity contribution in [2.24, 2.45) is 0 Å². The zero-order chi connectivity index (χ0) is 11.0. The predicted octanol–water partition coefficient (Wildman–Crippen LogP) is 3.95. The maximum atomic E-state index is 13.7. The number of hydrogen-bond donors (Lipinski definition) is 1. The van der Waals surface area contributed by atoms with Crippen LogP contribution in [0.1, 0.15) is 0 Å². The number of anilines is 3. The molecule has 16 heavy (non-hydrogen) atoms. The Labute approximate surface area is 97.4 Å². The minimum absolute atomic E-state index is 0.214. The lowest BCUT2D eigenvalue weighted by atomic mass is 10.2. The molecule has 0 unspecified atom stereocenters. The Balaban J connectivity index is 2.08. The summed E-state index contributed by atoms with van der Waals surface area (Å²) in [6, 6.07) is 14.6. The molecule has 3 rings (SSSR count). The molecule has 1 N–H and O–H groups in total. The third-order valence-electron chi connectivity index (χ3n) is 2.44. The molecule has 2 aromatic rings. The minimum atomic E-state index is -0.214. The van der Waals surface area contributed by atoms with E-state index in [1.54, 1.807) is 12.1 Å². The predicted molar refractivity (Wildman–Crippen MR) is 66.2 cm³/mol. The molecule has 1 aliphatic rings. The Bertz CT molecular complexity index is 530. The van der Waals surface area contributed by atoms with E-state index in [1.165, 1.54) is 18.2 Å². The molecule has 0 radical (unpaired) electrons. The lowest BCUT2D eigenvalue weighted by molar-refractivity contribution is 0.630. The Kier molecular flexibility index (Phi) is 2.22. The zero-order valence-electron chi connectivity index (χ0n) is 8.35. The van der Waals surface area contributed by atoms with Gasteiger partial charge in [0.25, 0.3) is 0 Å². The van der Waals surface area contributed by atoms with Crippen LogP contribution in [0.5, 0.6) is 0 Å². The van der Waals surface area contributed by atoms with Crippen LogP contribution in [0.4, 0.5) is 21.5 Å². The van der Waals surface area contributed by atoms with Crippen molar-refractivity contribution >= 4 is 29.2 Å². The van der Waals surface area contributed by atoms with E-state index in [9.17, 15) is 4.39 Å². The van der Waals surface area contributed by atoms with Crippen LogP contribution in [0.25, 0.3) is 0 Å². The second-order valence-electron chi connectivity index (χ2n) is 3.46. The lowest BCUT2D eigenvalue weighted by Gasteiger charge is -2.16. The average Bonchev–Trinajstić information content (AvgIpc) is 2.74. The van der Waals surface area contributed by atoms with E-state index in [1.807, 2.05) is 34.6 Å². The van der Waals surface area contributed by atoms with Crippen molar-refractivity contribution in [1.29, 1.82) is 0 Å². The van der Waals surface area contributed by atoms with Gasteiger partial charge >= 0.3 is 0 Å². The van der Waals surface area contributed by atoms with Gasteiger partial charge in [0.05, 0.1) is 29.2 Å². The van der Waals surface area contributed by atoms with Crippen LogP contribution in [-0.2, 0) is 0 Å². The van der Waals surface area contributed by atoms with E-state index in [2.05, 4.69) is 4.72 Å². The highest BCUT2D eigenvalue weighted by molar-refractivity contribution is 8.02. The van der Waals surface area contributed by atoms with Crippen molar-refractivity contribution < 1.29 is 4.39 Å². The van der Waals surface area contributed by atoms with Gasteiger partial charge in [-0.05, 0) is 24.3 Å². The van der Waals surface area contributed by atoms with Gasteiger partial charge in [0.2, 0.25) is 0 Å². The van der Waals surface area contributed by atoms with Crippen molar-refractivity contribution in [3.05, 3.63) is 54.3 Å². The first-order chi connectivity index (χ1) is 7.86. The van der Waals surface area contributed by atoms with Crippen molar-refractivity contribution in [2.75, 3.05) is 9.03 Å². The second-order valence-corrected chi connectivity index (χ2v) is 4.21. The van der Waals surface area contributed by atoms with Crippen LogP contribution in [0.3, 0.4) is 0 Å². The van der Waals surface area contributed by atoms with Crippen molar-refractivity contribution in [2.45, 2.75) is 0 Å². The smallest absolute Gasteiger partial charge is 0.147 e. The Morgan fingerprint density at radius 3 is 2.44 bits per heavy atom. The van der Waals surface area contributed by atoms with Crippen LogP contribution < -0.4 is 9.03 Å². The van der Waals surface area contributed by atoms with Crippen molar-refractivity contribution in [3.63, 3.8) is 0 Å². The largest absolute Gasteiger partial charge is 0.310 e. The quantitative estimate of drug-likeness (QED) is 0.749. The Morgan fingerprint density at radius 1 is 0.938 bits per heavy atom. The SMILES string of the molecule is Fc1ccccc1N1SNc2ccccc21. The molecule has 0 aliphatic carbocycles. The summed E-state index contributed by atoms with van der Waals surface area (Å²) in [5.41, 5.74) is 2.57. The summed E-state index contributed by atoms with van der Waals surface area (Å²) >= 11 is 1.38. The highest BCUT2D eigenvalue weighted by Gasteiger charge is 2.22. The summed E-state index contributed by atoms with van der Waals surface area (Å²) in [6.45, 7) is 0. The van der Waals surface area contributed by atoms with E-state index in [0.717, 1.165) is 11.4 Å². The fraction of sp³-hybridized carbons (Fsp3) is 0. The van der Waals surface area contributed by atoms with Crippen LogP contribution in [0.15, 0.2) is 48.5 Å². The first-order valence-corrected chi connectivity index (χ1v) is 5.70. The van der Waals surface area contributed by atoms with Gasteiger partial charge in [-0.3, -0.25) is 4.31 Å². The summed E-state index contributed by atoms with van der Waals surface area (Å²) in [7, 11) is 0. The number of para-hydroxylation sites is 3. The van der Waals surface area contributed by atoms with Crippen molar-refractivity contribution in [1.82, 2.24) is 0 Å². The molecule has 2 aromatic carbocycles. The summed E-state index contributed by atoms with van der Waals surface area (Å²) in [6.07, 6.45) is 0. The van der Waals surface area contributed by atoms with Gasteiger partial charge in [-0.25, -0.2) is 4.39 Å². The topological polar surface area (TPSA) is 15.3 Å². The molecule has 1 aliphatic heterocycles. The van der Waals surface area contributed by atoms with E-state index < -0.39 is 0 Å². The van der Waals surface area contributed by atoms with Gasteiger partial charge in [0, 0.05) is 0 Å². The van der Waals surface area contributed by atoms with E-state index in [-0.39, 0.29) is 5.82 Å². The van der Waals surface area contributed by atoms with Gasteiger partial charge in [-0.1, -0.05) is 24.3 Å². The highest BCUT2D eigenvalue weighted by atomic mass is 32.2. The molecule has 0 amide bonds. The number of halogens is 1. The summed E-state index contributed by atoms with van der Waals surface area (Å²) in [5, 5.41) is 0. The molecule has 0 fully saturated rings. The van der Waals surface area contributed by atoms with Gasteiger partial charge in [0.15, 0.2) is 0 Å². The summed E-state index contributed by atoms with van der Waals surface area (Å²) in [4.78, 5) is 0. The fourth-order valence-electron chi connectivity index (χ4n) is 1.68. The van der Waals surface area contributed by atoms with Gasteiger partial charge < -0.3 is 4.72 Å². The number of fused-ring (bicyclic) bond motifs is 1. The summed E-state index contributed by atoms with van der Waals surface area (Å²) in [5.74, 6) is -0.214.